The van der Waals surface area contributed by atoms with E-state index in [4.69, 9.17) is 4.74 Å². The van der Waals surface area contributed by atoms with Gasteiger partial charge >= 0.3 is 0 Å². The highest BCUT2D eigenvalue weighted by Crippen LogP contribution is 2.28. The molecule has 0 aromatic carbocycles. The first-order chi connectivity index (χ1) is 8.79. The van der Waals surface area contributed by atoms with Gasteiger partial charge in [-0.15, -0.1) is 0 Å². The van der Waals surface area contributed by atoms with Crippen LogP contribution in [-0.4, -0.2) is 30.0 Å². The molecule has 1 saturated carbocycles. The van der Waals surface area contributed by atoms with Crippen molar-refractivity contribution in [2.24, 2.45) is 5.92 Å². The summed E-state index contributed by atoms with van der Waals surface area (Å²) < 4.78 is 6.48. The molecule has 100 valence electrons. The van der Waals surface area contributed by atoms with Crippen molar-refractivity contribution in [3.05, 3.63) is 22.6 Å². The Morgan fingerprint density at radius 3 is 3.00 bits per heavy atom. The van der Waals surface area contributed by atoms with E-state index in [1.165, 1.54) is 17.5 Å². The molecule has 0 aliphatic heterocycles. The van der Waals surface area contributed by atoms with E-state index in [9.17, 15) is 4.79 Å². The summed E-state index contributed by atoms with van der Waals surface area (Å²) in [5.41, 5.74) is 0.799. The van der Waals surface area contributed by atoms with Crippen LogP contribution in [-0.2, 0) is 11.3 Å². The first-order valence-corrected chi connectivity index (χ1v) is 6.59. The zero-order valence-corrected chi connectivity index (χ0v) is 10.9. The lowest BCUT2D eigenvalue weighted by Crippen LogP contribution is -2.23. The number of rotatable bonds is 8. The van der Waals surface area contributed by atoms with Crippen LogP contribution in [0, 0.1) is 5.92 Å². The van der Waals surface area contributed by atoms with Gasteiger partial charge in [-0.05, 0) is 31.6 Å². The van der Waals surface area contributed by atoms with Crippen molar-refractivity contribution in [1.29, 1.82) is 0 Å². The fourth-order valence-electron chi connectivity index (χ4n) is 1.79. The molecule has 0 radical (unpaired) electrons. The van der Waals surface area contributed by atoms with Gasteiger partial charge in [-0.3, -0.25) is 4.79 Å². The van der Waals surface area contributed by atoms with Gasteiger partial charge in [0.1, 0.15) is 0 Å². The maximum atomic E-state index is 11.8. The summed E-state index contributed by atoms with van der Waals surface area (Å²) in [5, 5.41) is 7.43. The third-order valence-electron chi connectivity index (χ3n) is 3.13. The van der Waals surface area contributed by atoms with E-state index in [2.05, 4.69) is 10.4 Å². The second-order valence-electron chi connectivity index (χ2n) is 4.83. The molecule has 1 N–H and O–H groups in total. The molecule has 1 aromatic rings. The normalized spacial score (nSPS) is 14.7. The molecule has 5 heteroatoms. The van der Waals surface area contributed by atoms with Crippen LogP contribution >= 0.6 is 0 Å². The molecule has 1 heterocycles. The number of methoxy groups -OCH3 is 1. The Hall–Kier alpha value is -1.36. The van der Waals surface area contributed by atoms with Gasteiger partial charge in [-0.2, -0.15) is 5.10 Å². The maximum absolute atomic E-state index is 11.8. The van der Waals surface area contributed by atoms with Crippen LogP contribution in [0.15, 0.2) is 17.1 Å². The lowest BCUT2D eigenvalue weighted by Gasteiger charge is -2.07. The second-order valence-corrected chi connectivity index (χ2v) is 4.83. The number of hydrogen-bond acceptors (Lipinski definition) is 4. The Morgan fingerprint density at radius 1 is 1.50 bits per heavy atom. The zero-order valence-electron chi connectivity index (χ0n) is 10.9. The second kappa shape index (κ2) is 6.54. The van der Waals surface area contributed by atoms with Gasteiger partial charge in [0.25, 0.3) is 5.56 Å². The lowest BCUT2D eigenvalue weighted by atomic mass is 10.3. The number of anilines is 1. The highest BCUT2D eigenvalue weighted by atomic mass is 16.5. The molecule has 0 saturated heterocycles. The summed E-state index contributed by atoms with van der Waals surface area (Å²) in [6.45, 7) is 2.35. The first kappa shape index (κ1) is 13.1. The van der Waals surface area contributed by atoms with Crippen molar-refractivity contribution in [3.63, 3.8) is 0 Å². The molecular formula is C13H21N3O2. The van der Waals surface area contributed by atoms with Crippen LogP contribution in [0.25, 0.3) is 0 Å². The van der Waals surface area contributed by atoms with Crippen LogP contribution in [0.1, 0.15) is 25.7 Å². The van der Waals surface area contributed by atoms with Crippen molar-refractivity contribution < 1.29 is 4.74 Å². The molecule has 1 aromatic heterocycles. The molecule has 5 nitrogen and oxygen atoms in total. The van der Waals surface area contributed by atoms with Gasteiger partial charge in [0.2, 0.25) is 0 Å². The quantitative estimate of drug-likeness (QED) is 0.711. The minimum atomic E-state index is -0.0341. The Morgan fingerprint density at radius 2 is 2.33 bits per heavy atom. The predicted octanol–water partition coefficient (Wildman–Crippen LogP) is 1.49. The van der Waals surface area contributed by atoms with Gasteiger partial charge < -0.3 is 10.1 Å². The van der Waals surface area contributed by atoms with Gasteiger partial charge in [-0.1, -0.05) is 0 Å². The minimum Gasteiger partial charge on any atom is -0.385 e. The molecule has 1 aliphatic carbocycles. The fourth-order valence-corrected chi connectivity index (χ4v) is 1.79. The Bertz CT molecular complexity index is 426. The highest BCUT2D eigenvalue weighted by molar-refractivity contribution is 5.38. The third-order valence-corrected chi connectivity index (χ3v) is 3.13. The number of nitrogens with zero attached hydrogens (tertiary/aromatic N) is 2. The molecule has 1 fully saturated rings. The molecule has 0 bridgehead atoms. The molecule has 0 spiro atoms. The van der Waals surface area contributed by atoms with Crippen LogP contribution in [0.3, 0.4) is 0 Å². The summed E-state index contributed by atoms with van der Waals surface area (Å²) in [4.78, 5) is 11.8. The van der Waals surface area contributed by atoms with E-state index in [-0.39, 0.29) is 5.56 Å². The van der Waals surface area contributed by atoms with Gasteiger partial charge in [-0.25, -0.2) is 4.68 Å². The average molecular weight is 251 g/mol. The summed E-state index contributed by atoms with van der Waals surface area (Å²) in [5.74, 6) is 0.793. The number of aryl methyl sites for hydroxylation is 1. The number of aromatic nitrogens is 2. The standard InChI is InChI=1S/C13H21N3O2/c1-18-7-3-2-6-16-13(17)8-12(10-15-16)14-9-11-4-5-11/h8,10-11,14H,2-7,9H2,1H3. The number of unbranched alkanes of at least 4 members (excludes halogenated alkanes) is 1. The number of ether oxygens (including phenoxy) is 1. The van der Waals surface area contributed by atoms with Crippen LogP contribution in [0.4, 0.5) is 5.69 Å². The van der Waals surface area contributed by atoms with Crippen molar-refractivity contribution >= 4 is 5.69 Å². The van der Waals surface area contributed by atoms with Crippen LogP contribution in [0.5, 0.6) is 0 Å². The third kappa shape index (κ3) is 4.14. The number of nitrogens with one attached hydrogen (secondary N) is 1. The Balaban J connectivity index is 1.81. The molecule has 18 heavy (non-hydrogen) atoms. The summed E-state index contributed by atoms with van der Waals surface area (Å²) in [6, 6.07) is 1.63. The maximum Gasteiger partial charge on any atom is 0.268 e. The van der Waals surface area contributed by atoms with E-state index >= 15 is 0 Å². The van der Waals surface area contributed by atoms with Crippen LogP contribution in [0.2, 0.25) is 0 Å². The summed E-state index contributed by atoms with van der Waals surface area (Å²) in [7, 11) is 1.69. The average Bonchev–Trinajstić information content (AvgIpc) is 3.18. The largest absolute Gasteiger partial charge is 0.385 e. The van der Waals surface area contributed by atoms with E-state index in [0.717, 1.165) is 37.6 Å². The topological polar surface area (TPSA) is 56.1 Å². The minimum absolute atomic E-state index is 0.0341. The smallest absolute Gasteiger partial charge is 0.268 e. The zero-order chi connectivity index (χ0) is 12.8. The van der Waals surface area contributed by atoms with E-state index in [1.807, 2.05) is 0 Å². The van der Waals surface area contributed by atoms with E-state index in [0.29, 0.717) is 6.54 Å². The summed E-state index contributed by atoms with van der Waals surface area (Å²) >= 11 is 0. The SMILES string of the molecule is COCCCCn1ncc(NCC2CC2)cc1=O. The van der Waals surface area contributed by atoms with Gasteiger partial charge in [0.05, 0.1) is 11.9 Å². The predicted molar refractivity (Wildman–Crippen MR) is 70.8 cm³/mol. The Labute approximate surface area is 107 Å². The lowest BCUT2D eigenvalue weighted by molar-refractivity contribution is 0.190. The molecular weight excluding hydrogens is 230 g/mol. The monoisotopic (exact) mass is 251 g/mol. The Kier molecular flexibility index (Phi) is 4.75. The highest BCUT2D eigenvalue weighted by Gasteiger charge is 2.20. The summed E-state index contributed by atoms with van der Waals surface area (Å²) in [6.07, 6.45) is 6.20. The molecule has 1 aliphatic rings. The van der Waals surface area contributed by atoms with E-state index < -0.39 is 0 Å². The molecule has 0 unspecified atom stereocenters. The van der Waals surface area contributed by atoms with Crippen molar-refractivity contribution in [2.75, 3.05) is 25.6 Å². The molecule has 0 atom stereocenters. The van der Waals surface area contributed by atoms with Crippen molar-refractivity contribution in [2.45, 2.75) is 32.2 Å². The van der Waals surface area contributed by atoms with Crippen molar-refractivity contribution in [1.82, 2.24) is 9.78 Å². The molecule has 2 rings (SSSR count). The van der Waals surface area contributed by atoms with Gasteiger partial charge in [0.15, 0.2) is 0 Å². The van der Waals surface area contributed by atoms with E-state index in [1.54, 1.807) is 19.4 Å². The van der Waals surface area contributed by atoms with Gasteiger partial charge in [0, 0.05) is 32.9 Å². The van der Waals surface area contributed by atoms with Crippen LogP contribution < -0.4 is 10.9 Å². The van der Waals surface area contributed by atoms with Crippen molar-refractivity contribution in [3.8, 4) is 0 Å². The molecule has 0 amide bonds. The number of hydrogen-bond donors (Lipinski definition) is 1. The fraction of sp³-hybridized carbons (Fsp3) is 0.692. The first-order valence-electron chi connectivity index (χ1n) is 6.59.